The number of hydrogen-bond acceptors (Lipinski definition) is 6. The molecule has 1 aliphatic rings. The molecule has 5 rings (SSSR count). The van der Waals surface area contributed by atoms with Gasteiger partial charge in [0.1, 0.15) is 18.4 Å². The van der Waals surface area contributed by atoms with Gasteiger partial charge in [-0.25, -0.2) is 4.79 Å². The van der Waals surface area contributed by atoms with Crippen LogP contribution in [-0.4, -0.2) is 48.8 Å². The first-order valence-electron chi connectivity index (χ1n) is 16.2. The molecule has 0 saturated carbocycles. The van der Waals surface area contributed by atoms with Crippen molar-refractivity contribution in [2.45, 2.75) is 57.2 Å². The summed E-state index contributed by atoms with van der Waals surface area (Å²) in [4.78, 5) is 29.1. The number of phenols is 1. The topological polar surface area (TPSA) is 103 Å². The van der Waals surface area contributed by atoms with Crippen LogP contribution in [0.1, 0.15) is 42.4 Å². The average molecular weight is 621 g/mol. The van der Waals surface area contributed by atoms with Crippen LogP contribution < -0.4 is 20.9 Å². The molecule has 0 aliphatic carbocycles. The van der Waals surface area contributed by atoms with Gasteiger partial charge in [0.2, 0.25) is 5.91 Å². The number of carbonyl (C=O) groups is 2. The van der Waals surface area contributed by atoms with Gasteiger partial charge >= 0.3 is 6.09 Å². The maximum atomic E-state index is 13.8. The average Bonchev–Trinajstić information content (AvgIpc) is 3.10. The Morgan fingerprint density at radius 3 is 2.07 bits per heavy atom. The Morgan fingerprint density at radius 2 is 1.39 bits per heavy atom. The Balaban J connectivity index is 1.25. The maximum absolute atomic E-state index is 13.8. The summed E-state index contributed by atoms with van der Waals surface area (Å²) in [5, 5.41) is 19.3. The summed E-state index contributed by atoms with van der Waals surface area (Å²) in [7, 11) is 0. The molecule has 46 heavy (non-hydrogen) atoms. The van der Waals surface area contributed by atoms with Crippen LogP contribution in [0.15, 0.2) is 109 Å². The lowest BCUT2D eigenvalue weighted by Crippen LogP contribution is -2.52. The lowest BCUT2D eigenvalue weighted by atomic mass is 10.0. The number of benzene rings is 4. The Kier molecular flexibility index (Phi) is 11.9. The van der Waals surface area contributed by atoms with E-state index in [9.17, 15) is 14.7 Å². The number of aryl methyl sites for hydroxylation is 1. The molecule has 4 N–H and O–H groups in total. The fourth-order valence-corrected chi connectivity index (χ4v) is 5.68. The molecular weight excluding hydrogens is 576 g/mol. The number of aromatic hydroxyl groups is 1. The minimum Gasteiger partial charge on any atom is -0.508 e. The van der Waals surface area contributed by atoms with E-state index in [4.69, 9.17) is 4.74 Å². The van der Waals surface area contributed by atoms with E-state index >= 15 is 0 Å². The van der Waals surface area contributed by atoms with Gasteiger partial charge in [-0.2, -0.15) is 0 Å². The lowest BCUT2D eigenvalue weighted by molar-refractivity contribution is -0.123. The first kappa shape index (κ1) is 32.4. The van der Waals surface area contributed by atoms with E-state index in [1.807, 2.05) is 48.5 Å². The van der Waals surface area contributed by atoms with Crippen LogP contribution in [0.5, 0.6) is 5.75 Å². The number of phenolic OH excluding ortho intramolecular Hbond substituents is 1. The predicted molar refractivity (Wildman–Crippen MR) is 183 cm³/mol. The molecule has 0 unspecified atom stereocenters. The fraction of sp³-hybridized carbons (Fsp3) is 0.316. The second kappa shape index (κ2) is 16.9. The number of hydrogen-bond donors (Lipinski definition) is 4. The number of ether oxygens (including phenoxy) is 1. The smallest absolute Gasteiger partial charge is 0.408 e. The normalized spacial score (nSPS) is 14.1. The SMILES string of the molecule is O=C(N[C@@H](Cc1ccc(O)cc1)C(=O)N[C@@H](CCc1ccccc1)CNc1ccc(N2CCCCC2)cc1)OCc1ccccc1. The minimum absolute atomic E-state index is 0.0976. The van der Waals surface area contributed by atoms with Gasteiger partial charge in [0.25, 0.3) is 0 Å². The monoisotopic (exact) mass is 620 g/mol. The second-order valence-corrected chi connectivity index (χ2v) is 11.8. The molecular formula is C38H44N4O4. The molecule has 1 aliphatic heterocycles. The van der Waals surface area contributed by atoms with Gasteiger partial charge in [0.15, 0.2) is 0 Å². The van der Waals surface area contributed by atoms with E-state index in [-0.39, 0.29) is 30.7 Å². The molecule has 0 bridgehead atoms. The molecule has 1 fully saturated rings. The van der Waals surface area contributed by atoms with E-state index in [1.165, 1.54) is 30.5 Å². The Bertz CT molecular complexity index is 1490. The van der Waals surface area contributed by atoms with Crippen LogP contribution in [0, 0.1) is 0 Å². The van der Waals surface area contributed by atoms with Crippen molar-refractivity contribution in [3.63, 3.8) is 0 Å². The summed E-state index contributed by atoms with van der Waals surface area (Å²) in [6.07, 6.45) is 4.83. The summed E-state index contributed by atoms with van der Waals surface area (Å²) in [5.41, 5.74) is 5.07. The molecule has 1 heterocycles. The fourth-order valence-electron chi connectivity index (χ4n) is 5.68. The van der Waals surface area contributed by atoms with Crippen molar-refractivity contribution >= 4 is 23.4 Å². The van der Waals surface area contributed by atoms with Gasteiger partial charge in [0, 0.05) is 43.5 Å². The van der Waals surface area contributed by atoms with Crippen molar-refractivity contribution in [1.29, 1.82) is 0 Å². The van der Waals surface area contributed by atoms with Crippen LogP contribution in [0.4, 0.5) is 16.2 Å². The number of rotatable bonds is 14. The molecule has 4 aromatic rings. The number of anilines is 2. The highest BCUT2D eigenvalue weighted by molar-refractivity contribution is 5.86. The number of nitrogens with one attached hydrogen (secondary N) is 3. The molecule has 0 radical (unpaired) electrons. The zero-order chi connectivity index (χ0) is 32.0. The maximum Gasteiger partial charge on any atom is 0.408 e. The number of piperidine rings is 1. The van der Waals surface area contributed by atoms with Crippen molar-refractivity contribution < 1.29 is 19.4 Å². The van der Waals surface area contributed by atoms with E-state index < -0.39 is 12.1 Å². The Hall–Kier alpha value is -4.98. The van der Waals surface area contributed by atoms with Crippen LogP contribution in [0.3, 0.4) is 0 Å². The molecule has 4 aromatic carbocycles. The van der Waals surface area contributed by atoms with Crippen molar-refractivity contribution in [1.82, 2.24) is 10.6 Å². The van der Waals surface area contributed by atoms with Gasteiger partial charge in [-0.15, -0.1) is 0 Å². The first-order chi connectivity index (χ1) is 22.5. The van der Waals surface area contributed by atoms with Gasteiger partial charge in [0.05, 0.1) is 0 Å². The second-order valence-electron chi connectivity index (χ2n) is 11.8. The number of carbonyl (C=O) groups excluding carboxylic acids is 2. The van der Waals surface area contributed by atoms with Gasteiger partial charge in [-0.1, -0.05) is 72.8 Å². The minimum atomic E-state index is -0.879. The Labute approximate surface area is 271 Å². The highest BCUT2D eigenvalue weighted by Gasteiger charge is 2.25. The van der Waals surface area contributed by atoms with Crippen LogP contribution in [-0.2, 0) is 29.0 Å². The van der Waals surface area contributed by atoms with Crippen molar-refractivity contribution in [2.75, 3.05) is 29.9 Å². The van der Waals surface area contributed by atoms with Crippen LogP contribution in [0.2, 0.25) is 0 Å². The molecule has 2 amide bonds. The predicted octanol–water partition coefficient (Wildman–Crippen LogP) is 6.45. The quantitative estimate of drug-likeness (QED) is 0.129. The zero-order valence-corrected chi connectivity index (χ0v) is 26.2. The van der Waals surface area contributed by atoms with Crippen molar-refractivity contribution in [3.05, 3.63) is 126 Å². The standard InChI is InChI=1S/C38H44N4O4/c43-35-22-15-30(16-23-35)26-36(41-38(45)46-28-31-12-6-2-7-13-31)37(44)40-33(17-14-29-10-4-1-5-11-29)27-39-32-18-20-34(21-19-32)42-24-8-3-9-25-42/h1-2,4-7,10-13,15-16,18-23,33,36,39,43H,3,8-9,14,17,24-28H2,(H,40,44)(H,41,45)/t33-,36-/m0/s1. The number of amides is 2. The molecule has 8 nitrogen and oxygen atoms in total. The van der Waals surface area contributed by atoms with E-state index in [2.05, 4.69) is 57.2 Å². The summed E-state index contributed by atoms with van der Waals surface area (Å²) in [6, 6.07) is 33.7. The van der Waals surface area contributed by atoms with Crippen LogP contribution in [0.25, 0.3) is 0 Å². The highest BCUT2D eigenvalue weighted by atomic mass is 16.5. The molecule has 0 aromatic heterocycles. The van der Waals surface area contributed by atoms with Crippen LogP contribution >= 0.6 is 0 Å². The van der Waals surface area contributed by atoms with E-state index in [0.29, 0.717) is 13.0 Å². The first-order valence-corrected chi connectivity index (χ1v) is 16.2. The molecule has 240 valence electrons. The Morgan fingerprint density at radius 1 is 0.739 bits per heavy atom. The van der Waals surface area contributed by atoms with Gasteiger partial charge in [-0.05, 0) is 85.2 Å². The van der Waals surface area contributed by atoms with Crippen molar-refractivity contribution in [2.24, 2.45) is 0 Å². The van der Waals surface area contributed by atoms with E-state index in [0.717, 1.165) is 36.3 Å². The number of alkyl carbamates (subject to hydrolysis) is 1. The summed E-state index contributed by atoms with van der Waals surface area (Å²) in [6.45, 7) is 2.81. The molecule has 2 atom stereocenters. The molecule has 8 heteroatoms. The third-order valence-corrected chi connectivity index (χ3v) is 8.31. The van der Waals surface area contributed by atoms with E-state index in [1.54, 1.807) is 24.3 Å². The molecule has 0 spiro atoms. The third-order valence-electron chi connectivity index (χ3n) is 8.31. The van der Waals surface area contributed by atoms with Crippen molar-refractivity contribution in [3.8, 4) is 5.75 Å². The largest absolute Gasteiger partial charge is 0.508 e. The summed E-state index contributed by atoms with van der Waals surface area (Å²) in [5.74, 6) is -0.166. The lowest BCUT2D eigenvalue weighted by Gasteiger charge is -2.29. The summed E-state index contributed by atoms with van der Waals surface area (Å²) >= 11 is 0. The molecule has 1 saturated heterocycles. The number of nitrogens with zero attached hydrogens (tertiary/aromatic N) is 1. The highest BCUT2D eigenvalue weighted by Crippen LogP contribution is 2.22. The van der Waals surface area contributed by atoms with Gasteiger partial charge in [-0.3, -0.25) is 4.79 Å². The third kappa shape index (κ3) is 10.3. The summed E-state index contributed by atoms with van der Waals surface area (Å²) < 4.78 is 5.45. The van der Waals surface area contributed by atoms with Gasteiger partial charge < -0.3 is 30.7 Å². The zero-order valence-electron chi connectivity index (χ0n) is 26.2.